The van der Waals surface area contributed by atoms with Gasteiger partial charge in [-0.1, -0.05) is 18.5 Å². The van der Waals surface area contributed by atoms with Crippen molar-refractivity contribution in [1.29, 1.82) is 0 Å². The lowest BCUT2D eigenvalue weighted by Crippen LogP contribution is -2.43. The van der Waals surface area contributed by atoms with Crippen LogP contribution < -0.4 is 5.73 Å². The number of hydrogen-bond donors (Lipinski definition) is 1. The lowest BCUT2D eigenvalue weighted by molar-refractivity contribution is -0.135. The van der Waals surface area contributed by atoms with E-state index >= 15 is 0 Å². The van der Waals surface area contributed by atoms with Crippen LogP contribution in [-0.4, -0.2) is 55.8 Å². The molecule has 1 amide bonds. The Labute approximate surface area is 158 Å². The first-order valence-electron chi connectivity index (χ1n) is 7.53. The van der Waals surface area contributed by atoms with Crippen molar-refractivity contribution in [3.8, 4) is 0 Å². The van der Waals surface area contributed by atoms with Crippen molar-refractivity contribution in [1.82, 2.24) is 9.21 Å². The lowest BCUT2D eigenvalue weighted by atomic mass is 10.0. The zero-order chi connectivity index (χ0) is 17.2. The van der Waals surface area contributed by atoms with E-state index in [2.05, 4.69) is 0 Å². The van der Waals surface area contributed by atoms with E-state index in [4.69, 9.17) is 17.3 Å². The molecule has 0 spiro atoms. The fraction of sp³-hybridized carbons (Fsp3) is 0.643. The summed E-state index contributed by atoms with van der Waals surface area (Å²) in [5, 5.41) is 0. The minimum absolute atomic E-state index is 0. The van der Waals surface area contributed by atoms with Crippen LogP contribution in [0.25, 0.3) is 0 Å². The molecular weight excluding hydrogens is 393 g/mol. The predicted octanol–water partition coefficient (Wildman–Crippen LogP) is 2.03. The van der Waals surface area contributed by atoms with Crippen LogP contribution in [0, 0.1) is 5.92 Å². The summed E-state index contributed by atoms with van der Waals surface area (Å²) in [7, 11) is -3.55. The molecule has 1 aliphatic rings. The van der Waals surface area contributed by atoms with Crippen molar-refractivity contribution < 1.29 is 13.2 Å². The van der Waals surface area contributed by atoms with Crippen LogP contribution in [0.15, 0.2) is 16.3 Å². The Morgan fingerprint density at radius 1 is 1.25 bits per heavy atom. The summed E-state index contributed by atoms with van der Waals surface area (Å²) in [6.45, 7) is 5.22. The van der Waals surface area contributed by atoms with Gasteiger partial charge in [0.2, 0.25) is 5.91 Å². The number of hydrogen-bond acceptors (Lipinski definition) is 5. The highest BCUT2D eigenvalue weighted by atomic mass is 35.5. The molecule has 2 rings (SSSR count). The molecule has 0 bridgehead atoms. The van der Waals surface area contributed by atoms with Crippen molar-refractivity contribution >= 4 is 51.3 Å². The summed E-state index contributed by atoms with van der Waals surface area (Å²) < 4.78 is 27.4. The number of amides is 1. The van der Waals surface area contributed by atoms with Gasteiger partial charge in [0.05, 0.1) is 10.3 Å². The van der Waals surface area contributed by atoms with E-state index in [1.165, 1.54) is 10.4 Å². The monoisotopic (exact) mass is 415 g/mol. The average Bonchev–Trinajstić information content (AvgIpc) is 2.79. The fourth-order valence-electron chi connectivity index (χ4n) is 2.43. The van der Waals surface area contributed by atoms with Crippen molar-refractivity contribution in [2.75, 3.05) is 26.2 Å². The third-order valence-electron chi connectivity index (χ3n) is 4.09. The molecule has 1 saturated heterocycles. The third-order valence-corrected chi connectivity index (χ3v) is 7.68. The van der Waals surface area contributed by atoms with Crippen molar-refractivity contribution in [3.05, 3.63) is 16.5 Å². The third kappa shape index (κ3) is 4.83. The van der Waals surface area contributed by atoms with Gasteiger partial charge in [0.25, 0.3) is 10.0 Å². The minimum atomic E-state index is -3.55. The van der Waals surface area contributed by atoms with Crippen molar-refractivity contribution in [2.24, 2.45) is 11.7 Å². The van der Waals surface area contributed by atoms with Crippen LogP contribution in [0.5, 0.6) is 0 Å². The van der Waals surface area contributed by atoms with E-state index in [-0.39, 0.29) is 41.0 Å². The van der Waals surface area contributed by atoms with Crippen LogP contribution in [0.4, 0.5) is 0 Å². The first kappa shape index (κ1) is 21.7. The summed E-state index contributed by atoms with van der Waals surface area (Å²) in [6.07, 6.45) is 0.607. The molecule has 2 N–H and O–H groups in total. The Morgan fingerprint density at radius 3 is 2.46 bits per heavy atom. The second-order valence-electron chi connectivity index (χ2n) is 5.79. The average molecular weight is 416 g/mol. The van der Waals surface area contributed by atoms with Crippen LogP contribution in [0.1, 0.15) is 20.3 Å². The van der Waals surface area contributed by atoms with E-state index in [1.807, 2.05) is 0 Å². The molecule has 0 aliphatic carbocycles. The maximum atomic E-state index is 12.6. The van der Waals surface area contributed by atoms with Gasteiger partial charge in [-0.2, -0.15) is 4.31 Å². The summed E-state index contributed by atoms with van der Waals surface area (Å²) in [4.78, 5) is 14.1. The van der Waals surface area contributed by atoms with E-state index in [0.29, 0.717) is 30.4 Å². The lowest BCUT2D eigenvalue weighted by Gasteiger charge is -2.26. The molecular formula is C14H23Cl2N3O3S2. The van der Waals surface area contributed by atoms with Gasteiger partial charge < -0.3 is 10.6 Å². The van der Waals surface area contributed by atoms with Gasteiger partial charge in [0, 0.05) is 32.2 Å². The van der Waals surface area contributed by atoms with E-state index in [1.54, 1.807) is 24.8 Å². The molecule has 1 aromatic rings. The van der Waals surface area contributed by atoms with E-state index < -0.39 is 10.0 Å². The van der Waals surface area contributed by atoms with Crippen molar-refractivity contribution in [3.63, 3.8) is 0 Å². The highest BCUT2D eigenvalue weighted by Crippen LogP contribution is 2.28. The molecule has 1 aliphatic heterocycles. The highest BCUT2D eigenvalue weighted by Gasteiger charge is 2.31. The molecule has 0 aromatic carbocycles. The Morgan fingerprint density at radius 2 is 1.92 bits per heavy atom. The van der Waals surface area contributed by atoms with Crippen LogP contribution >= 0.6 is 35.3 Å². The summed E-state index contributed by atoms with van der Waals surface area (Å²) >= 11 is 6.89. The summed E-state index contributed by atoms with van der Waals surface area (Å²) in [5.41, 5.74) is 5.79. The number of nitrogens with zero attached hydrogens (tertiary/aromatic N) is 2. The number of halogens is 2. The van der Waals surface area contributed by atoms with Crippen LogP contribution in [-0.2, 0) is 14.8 Å². The smallest absolute Gasteiger partial charge is 0.252 e. The maximum absolute atomic E-state index is 12.6. The largest absolute Gasteiger partial charge is 0.341 e. The standard InChI is InChI=1S/C14H22ClN3O3S2.ClH/c1-10(11(2)16)14(19)17-6-3-7-18(9-8-17)23(20,21)13-5-4-12(15)22-13;/h4-5,10-11H,3,6-9,16H2,1-2H3;1H. The molecule has 0 radical (unpaired) electrons. The predicted molar refractivity (Wildman–Crippen MR) is 99.3 cm³/mol. The highest BCUT2D eigenvalue weighted by molar-refractivity contribution is 7.91. The molecule has 1 fully saturated rings. The first-order valence-corrected chi connectivity index (χ1v) is 10.2. The molecule has 2 unspecified atom stereocenters. The second kappa shape index (κ2) is 8.82. The number of carbonyl (C=O) groups excluding carboxylic acids is 1. The Balaban J connectivity index is 0.00000288. The summed E-state index contributed by atoms with van der Waals surface area (Å²) in [6, 6.07) is 2.88. The molecule has 2 heterocycles. The van der Waals surface area contributed by atoms with Gasteiger partial charge >= 0.3 is 0 Å². The number of thiophene rings is 1. The molecule has 2 atom stereocenters. The van der Waals surface area contributed by atoms with Gasteiger partial charge in [-0.25, -0.2) is 8.42 Å². The van der Waals surface area contributed by atoms with Gasteiger partial charge in [0.1, 0.15) is 4.21 Å². The SMILES string of the molecule is CC(N)C(C)C(=O)N1CCCN(S(=O)(=O)c2ccc(Cl)s2)CC1.Cl. The maximum Gasteiger partial charge on any atom is 0.252 e. The second-order valence-corrected chi connectivity index (χ2v) is 9.67. The van der Waals surface area contributed by atoms with Crippen LogP contribution in [0.3, 0.4) is 0 Å². The fourth-order valence-corrected chi connectivity index (χ4v) is 5.54. The Hall–Kier alpha value is -0.380. The zero-order valence-electron chi connectivity index (χ0n) is 13.6. The van der Waals surface area contributed by atoms with E-state index in [9.17, 15) is 13.2 Å². The first-order chi connectivity index (χ1) is 10.7. The number of carbonyl (C=O) groups is 1. The topological polar surface area (TPSA) is 83.7 Å². The quantitative estimate of drug-likeness (QED) is 0.814. The molecule has 10 heteroatoms. The van der Waals surface area contributed by atoms with Crippen molar-refractivity contribution in [2.45, 2.75) is 30.5 Å². The Bertz CT molecular complexity index is 664. The molecule has 6 nitrogen and oxygen atoms in total. The van der Waals surface area contributed by atoms with Gasteiger partial charge in [-0.15, -0.1) is 23.7 Å². The van der Waals surface area contributed by atoms with Crippen LogP contribution in [0.2, 0.25) is 4.34 Å². The number of rotatable bonds is 4. The molecule has 1 aromatic heterocycles. The molecule has 24 heavy (non-hydrogen) atoms. The van der Waals surface area contributed by atoms with Gasteiger partial charge in [0.15, 0.2) is 0 Å². The summed E-state index contributed by atoms with van der Waals surface area (Å²) in [5.74, 6) is -0.285. The minimum Gasteiger partial charge on any atom is -0.341 e. The number of nitrogens with two attached hydrogens (primary N) is 1. The normalized spacial score (nSPS) is 19.2. The Kier molecular flexibility index (Phi) is 7.96. The van der Waals surface area contributed by atoms with E-state index in [0.717, 1.165) is 11.3 Å². The molecule has 0 saturated carbocycles. The molecule has 138 valence electrons. The van der Waals surface area contributed by atoms with Gasteiger partial charge in [-0.3, -0.25) is 4.79 Å². The zero-order valence-corrected chi connectivity index (χ0v) is 16.8. The number of sulfonamides is 1. The van der Waals surface area contributed by atoms with Gasteiger partial charge in [-0.05, 0) is 25.5 Å².